The Morgan fingerprint density at radius 3 is 3.15 bits per heavy atom. The van der Waals surface area contributed by atoms with Crippen LogP contribution in [0.4, 0.5) is 0 Å². The summed E-state index contributed by atoms with van der Waals surface area (Å²) in [5, 5.41) is 7.91. The second kappa shape index (κ2) is 6.09. The quantitative estimate of drug-likeness (QED) is 0.931. The zero-order valence-corrected chi connectivity index (χ0v) is 11.9. The summed E-state index contributed by atoms with van der Waals surface area (Å²) in [6.45, 7) is 4.17. The van der Waals surface area contributed by atoms with Gasteiger partial charge < -0.3 is 10.1 Å². The molecule has 0 bridgehead atoms. The van der Waals surface area contributed by atoms with Gasteiger partial charge in [0.25, 0.3) is 0 Å². The standard InChI is InChI=1S/C16H21N3O/c1-13-5-4-7-15(9-13)20-16-11-18-19(12-16)14-6-2-3-8-17-10-14/h4-5,7,9,11-12,14,17H,2-3,6,8,10H2,1H3. The number of hydrogen-bond acceptors (Lipinski definition) is 3. The Morgan fingerprint density at radius 1 is 1.30 bits per heavy atom. The molecule has 4 heteroatoms. The van der Waals surface area contributed by atoms with Gasteiger partial charge >= 0.3 is 0 Å². The first-order valence-corrected chi connectivity index (χ1v) is 7.31. The summed E-state index contributed by atoms with van der Waals surface area (Å²) in [4.78, 5) is 0. The first-order chi connectivity index (χ1) is 9.81. The maximum Gasteiger partial charge on any atom is 0.165 e. The molecule has 2 heterocycles. The first-order valence-electron chi connectivity index (χ1n) is 7.31. The molecular weight excluding hydrogens is 250 g/mol. The van der Waals surface area contributed by atoms with E-state index in [1.165, 1.54) is 24.8 Å². The van der Waals surface area contributed by atoms with Gasteiger partial charge in [0.15, 0.2) is 5.75 Å². The molecule has 1 fully saturated rings. The van der Waals surface area contributed by atoms with E-state index in [2.05, 4.69) is 23.4 Å². The van der Waals surface area contributed by atoms with Gasteiger partial charge in [-0.05, 0) is 44.0 Å². The van der Waals surface area contributed by atoms with E-state index in [1.54, 1.807) is 6.20 Å². The fourth-order valence-electron chi connectivity index (χ4n) is 2.61. The van der Waals surface area contributed by atoms with Crippen molar-refractivity contribution in [2.45, 2.75) is 32.2 Å². The van der Waals surface area contributed by atoms with Gasteiger partial charge in [0, 0.05) is 6.54 Å². The van der Waals surface area contributed by atoms with Crippen LogP contribution in [0.5, 0.6) is 11.5 Å². The van der Waals surface area contributed by atoms with E-state index in [0.717, 1.165) is 24.6 Å². The molecule has 0 radical (unpaired) electrons. The van der Waals surface area contributed by atoms with Crippen molar-refractivity contribution in [3.8, 4) is 11.5 Å². The predicted octanol–water partition coefficient (Wildman–Crippen LogP) is 3.30. The lowest BCUT2D eigenvalue weighted by molar-refractivity contribution is 0.418. The highest BCUT2D eigenvalue weighted by Crippen LogP contribution is 2.24. The Hall–Kier alpha value is -1.81. The molecular formula is C16H21N3O. The Balaban J connectivity index is 1.70. The van der Waals surface area contributed by atoms with Gasteiger partial charge in [-0.1, -0.05) is 18.6 Å². The van der Waals surface area contributed by atoms with Crippen molar-refractivity contribution < 1.29 is 4.74 Å². The van der Waals surface area contributed by atoms with Gasteiger partial charge in [0.1, 0.15) is 5.75 Å². The molecule has 1 atom stereocenters. The summed E-state index contributed by atoms with van der Waals surface area (Å²) in [5.41, 5.74) is 1.20. The number of aryl methyl sites for hydroxylation is 1. The molecule has 1 N–H and O–H groups in total. The van der Waals surface area contributed by atoms with E-state index in [0.29, 0.717) is 6.04 Å². The molecule has 1 unspecified atom stereocenters. The number of nitrogens with zero attached hydrogens (tertiary/aromatic N) is 2. The molecule has 0 amide bonds. The second-order valence-electron chi connectivity index (χ2n) is 5.43. The van der Waals surface area contributed by atoms with E-state index in [-0.39, 0.29) is 0 Å². The molecule has 1 aliphatic heterocycles. The Bertz CT molecular complexity index is 556. The van der Waals surface area contributed by atoms with Crippen LogP contribution in [-0.4, -0.2) is 22.9 Å². The fraction of sp³-hybridized carbons (Fsp3) is 0.438. The van der Waals surface area contributed by atoms with Crippen LogP contribution in [0.3, 0.4) is 0 Å². The van der Waals surface area contributed by atoms with Crippen molar-refractivity contribution in [3.05, 3.63) is 42.2 Å². The zero-order chi connectivity index (χ0) is 13.8. The molecule has 1 saturated heterocycles. The molecule has 106 valence electrons. The van der Waals surface area contributed by atoms with Crippen LogP contribution in [0.1, 0.15) is 30.9 Å². The molecule has 4 nitrogen and oxygen atoms in total. The third-order valence-corrected chi connectivity index (χ3v) is 3.70. The summed E-state index contributed by atoms with van der Waals surface area (Å²) >= 11 is 0. The highest BCUT2D eigenvalue weighted by atomic mass is 16.5. The summed E-state index contributed by atoms with van der Waals surface area (Å²) < 4.78 is 7.89. The lowest BCUT2D eigenvalue weighted by Crippen LogP contribution is -2.23. The molecule has 0 spiro atoms. The van der Waals surface area contributed by atoms with Crippen molar-refractivity contribution in [1.82, 2.24) is 15.1 Å². The lowest BCUT2D eigenvalue weighted by Gasteiger charge is -2.14. The van der Waals surface area contributed by atoms with Gasteiger partial charge in [-0.3, -0.25) is 4.68 Å². The number of benzene rings is 1. The van der Waals surface area contributed by atoms with Crippen LogP contribution in [0.15, 0.2) is 36.7 Å². The number of rotatable bonds is 3. The first kappa shape index (κ1) is 13.2. The van der Waals surface area contributed by atoms with Crippen LogP contribution >= 0.6 is 0 Å². The Labute approximate surface area is 119 Å². The van der Waals surface area contributed by atoms with Crippen LogP contribution < -0.4 is 10.1 Å². The number of aromatic nitrogens is 2. The fourth-order valence-corrected chi connectivity index (χ4v) is 2.61. The average Bonchev–Trinajstić information content (AvgIpc) is 2.73. The Morgan fingerprint density at radius 2 is 2.25 bits per heavy atom. The third-order valence-electron chi connectivity index (χ3n) is 3.70. The summed E-state index contributed by atoms with van der Waals surface area (Å²) in [7, 11) is 0. The summed E-state index contributed by atoms with van der Waals surface area (Å²) in [6.07, 6.45) is 7.49. The van der Waals surface area contributed by atoms with E-state index >= 15 is 0 Å². The third kappa shape index (κ3) is 3.20. The van der Waals surface area contributed by atoms with Crippen LogP contribution in [0.25, 0.3) is 0 Å². The molecule has 20 heavy (non-hydrogen) atoms. The lowest BCUT2D eigenvalue weighted by atomic mass is 10.1. The summed E-state index contributed by atoms with van der Waals surface area (Å²) in [5.74, 6) is 1.67. The van der Waals surface area contributed by atoms with Gasteiger partial charge in [-0.15, -0.1) is 0 Å². The van der Waals surface area contributed by atoms with E-state index in [1.807, 2.05) is 29.1 Å². The van der Waals surface area contributed by atoms with Crippen molar-refractivity contribution in [1.29, 1.82) is 0 Å². The van der Waals surface area contributed by atoms with E-state index in [9.17, 15) is 0 Å². The molecule has 2 aromatic rings. The number of ether oxygens (including phenoxy) is 1. The monoisotopic (exact) mass is 271 g/mol. The van der Waals surface area contributed by atoms with Gasteiger partial charge in [0.05, 0.1) is 18.4 Å². The van der Waals surface area contributed by atoms with Gasteiger partial charge in [0.2, 0.25) is 0 Å². The molecule has 3 rings (SSSR count). The van der Waals surface area contributed by atoms with Crippen LogP contribution in [-0.2, 0) is 0 Å². The molecule has 0 aliphatic carbocycles. The van der Waals surface area contributed by atoms with Gasteiger partial charge in [-0.2, -0.15) is 5.10 Å². The minimum Gasteiger partial charge on any atom is -0.454 e. The molecule has 0 saturated carbocycles. The minimum atomic E-state index is 0.437. The predicted molar refractivity (Wildman–Crippen MR) is 79.2 cm³/mol. The van der Waals surface area contributed by atoms with Crippen LogP contribution in [0.2, 0.25) is 0 Å². The average molecular weight is 271 g/mol. The molecule has 1 aromatic carbocycles. The summed E-state index contributed by atoms with van der Waals surface area (Å²) in [6, 6.07) is 8.51. The van der Waals surface area contributed by atoms with Gasteiger partial charge in [-0.25, -0.2) is 0 Å². The van der Waals surface area contributed by atoms with E-state index in [4.69, 9.17) is 4.74 Å². The SMILES string of the molecule is Cc1cccc(Oc2cnn(C3CCCCNC3)c2)c1. The number of hydrogen-bond donors (Lipinski definition) is 1. The minimum absolute atomic E-state index is 0.437. The smallest absolute Gasteiger partial charge is 0.165 e. The topological polar surface area (TPSA) is 39.1 Å². The maximum absolute atomic E-state index is 5.86. The largest absolute Gasteiger partial charge is 0.454 e. The second-order valence-corrected chi connectivity index (χ2v) is 5.43. The zero-order valence-electron chi connectivity index (χ0n) is 11.9. The number of nitrogens with one attached hydrogen (secondary N) is 1. The molecule has 1 aliphatic rings. The van der Waals surface area contributed by atoms with Crippen LogP contribution in [0, 0.1) is 6.92 Å². The van der Waals surface area contributed by atoms with Crippen molar-refractivity contribution in [2.75, 3.05) is 13.1 Å². The highest BCUT2D eigenvalue weighted by Gasteiger charge is 2.15. The normalized spacial score (nSPS) is 19.6. The molecule has 1 aromatic heterocycles. The van der Waals surface area contributed by atoms with Crippen molar-refractivity contribution in [3.63, 3.8) is 0 Å². The maximum atomic E-state index is 5.86. The highest BCUT2D eigenvalue weighted by molar-refractivity contribution is 5.31. The van der Waals surface area contributed by atoms with E-state index < -0.39 is 0 Å². The van der Waals surface area contributed by atoms with Crippen molar-refractivity contribution in [2.24, 2.45) is 0 Å². The van der Waals surface area contributed by atoms with Crippen molar-refractivity contribution >= 4 is 0 Å². The Kier molecular flexibility index (Phi) is 4.02.